The van der Waals surface area contributed by atoms with E-state index in [0.29, 0.717) is 5.92 Å². The summed E-state index contributed by atoms with van der Waals surface area (Å²) in [5.41, 5.74) is 0. The van der Waals surface area contributed by atoms with E-state index in [2.05, 4.69) is 10.2 Å². The largest absolute Gasteiger partial charge is 0.388 e. The summed E-state index contributed by atoms with van der Waals surface area (Å²) >= 11 is 0. The molecule has 0 bridgehead atoms. The molecule has 0 aliphatic heterocycles. The molecule has 0 saturated heterocycles. The van der Waals surface area contributed by atoms with E-state index in [1.807, 2.05) is 13.8 Å². The van der Waals surface area contributed by atoms with E-state index in [-0.39, 0.29) is 0 Å². The van der Waals surface area contributed by atoms with Gasteiger partial charge in [0.1, 0.15) is 0 Å². The van der Waals surface area contributed by atoms with Crippen LogP contribution in [0.2, 0.25) is 0 Å². The van der Waals surface area contributed by atoms with E-state index in [1.54, 1.807) is 0 Å². The van der Waals surface area contributed by atoms with Crippen LogP contribution >= 0.6 is 0 Å². The third-order valence-corrected chi connectivity index (χ3v) is 0.901. The van der Waals surface area contributed by atoms with Gasteiger partial charge in [0.15, 0.2) is 0 Å². The van der Waals surface area contributed by atoms with Crippen molar-refractivity contribution in [3.8, 4) is 0 Å². The number of nitrogens with zero attached hydrogens (tertiary/aromatic N) is 1. The Morgan fingerprint density at radius 3 is 2.75 bits per heavy atom. The van der Waals surface area contributed by atoms with Gasteiger partial charge in [-0.2, -0.15) is 0 Å². The molecule has 44 valence electrons. The van der Waals surface area contributed by atoms with Gasteiger partial charge >= 0.3 is 6.39 Å². The number of aromatic amines is 1. The summed E-state index contributed by atoms with van der Waals surface area (Å²) in [6.07, 6.45) is 1.47. The van der Waals surface area contributed by atoms with Crippen molar-refractivity contribution in [2.45, 2.75) is 19.8 Å². The standard InChI is InChI=1S/C5H8N2O/c1-4(2)5-7-6-3-8-5/h3-4H,1-2H3/p+1. The number of hydrogen-bond acceptors (Lipinski definition) is 2. The van der Waals surface area contributed by atoms with Gasteiger partial charge in [0, 0.05) is 11.0 Å². The average molecular weight is 113 g/mol. The Morgan fingerprint density at radius 2 is 2.50 bits per heavy atom. The maximum atomic E-state index is 4.93. The highest BCUT2D eigenvalue weighted by Crippen LogP contribution is 2.06. The van der Waals surface area contributed by atoms with E-state index in [1.165, 1.54) is 6.39 Å². The zero-order chi connectivity index (χ0) is 5.98. The first-order valence-corrected chi connectivity index (χ1v) is 2.62. The summed E-state index contributed by atoms with van der Waals surface area (Å²) in [6, 6.07) is 0. The summed E-state index contributed by atoms with van der Waals surface area (Å²) in [6.45, 7) is 4.05. The molecule has 1 rings (SSSR count). The number of rotatable bonds is 1. The molecule has 0 aliphatic rings. The summed E-state index contributed by atoms with van der Waals surface area (Å²) in [5, 5.41) is 6.42. The van der Waals surface area contributed by atoms with Crippen molar-refractivity contribution in [3.05, 3.63) is 12.3 Å². The zero-order valence-corrected chi connectivity index (χ0v) is 5.01. The highest BCUT2D eigenvalue weighted by atomic mass is 16.4. The lowest BCUT2D eigenvalue weighted by molar-refractivity contribution is -0.456. The van der Waals surface area contributed by atoms with Gasteiger partial charge in [-0.25, -0.2) is 0 Å². The van der Waals surface area contributed by atoms with Crippen LogP contribution in [0.1, 0.15) is 25.7 Å². The second kappa shape index (κ2) is 1.94. The molecule has 8 heavy (non-hydrogen) atoms. The van der Waals surface area contributed by atoms with Crippen LogP contribution < -0.4 is 5.10 Å². The molecule has 0 aliphatic carbocycles. The maximum absolute atomic E-state index is 4.93. The first kappa shape index (κ1) is 5.28. The van der Waals surface area contributed by atoms with Crippen LogP contribution in [0.3, 0.4) is 0 Å². The Kier molecular flexibility index (Phi) is 1.28. The average Bonchev–Trinajstić information content (AvgIpc) is 2.12. The lowest BCUT2D eigenvalue weighted by atomic mass is 10.2. The van der Waals surface area contributed by atoms with Crippen LogP contribution in [-0.2, 0) is 0 Å². The SMILES string of the molecule is CC(C)c1n[nH+]co1. The van der Waals surface area contributed by atoms with Gasteiger partial charge in [-0.15, -0.1) is 0 Å². The maximum Gasteiger partial charge on any atom is 0.359 e. The van der Waals surface area contributed by atoms with Crippen molar-refractivity contribution in [1.82, 2.24) is 5.10 Å². The van der Waals surface area contributed by atoms with Gasteiger partial charge in [0.2, 0.25) is 0 Å². The minimum Gasteiger partial charge on any atom is -0.388 e. The van der Waals surface area contributed by atoms with Crippen molar-refractivity contribution >= 4 is 0 Å². The van der Waals surface area contributed by atoms with Gasteiger partial charge < -0.3 is 4.42 Å². The van der Waals surface area contributed by atoms with Crippen LogP contribution in [0, 0.1) is 0 Å². The van der Waals surface area contributed by atoms with Crippen molar-refractivity contribution in [2.75, 3.05) is 0 Å². The molecule has 0 unspecified atom stereocenters. The van der Waals surface area contributed by atoms with Crippen LogP contribution in [0.25, 0.3) is 0 Å². The topological polar surface area (TPSA) is 40.2 Å². The van der Waals surface area contributed by atoms with Crippen LogP contribution in [0.15, 0.2) is 10.8 Å². The van der Waals surface area contributed by atoms with Gasteiger partial charge in [0.25, 0.3) is 5.89 Å². The molecule has 1 heterocycles. The summed E-state index contributed by atoms with van der Waals surface area (Å²) in [7, 11) is 0. The molecule has 0 fully saturated rings. The fourth-order valence-corrected chi connectivity index (χ4v) is 0.468. The molecule has 3 nitrogen and oxygen atoms in total. The van der Waals surface area contributed by atoms with Crippen molar-refractivity contribution in [1.29, 1.82) is 0 Å². The fraction of sp³-hybridized carbons (Fsp3) is 0.600. The summed E-state index contributed by atoms with van der Waals surface area (Å²) < 4.78 is 4.93. The minimum atomic E-state index is 0.376. The minimum absolute atomic E-state index is 0.376. The third-order valence-electron chi connectivity index (χ3n) is 0.901. The number of H-pyrrole nitrogens is 1. The molecule has 0 spiro atoms. The second-order valence-corrected chi connectivity index (χ2v) is 1.97. The Morgan fingerprint density at radius 1 is 1.75 bits per heavy atom. The molecule has 0 amide bonds. The summed E-state index contributed by atoms with van der Waals surface area (Å²) in [5.74, 6) is 1.13. The van der Waals surface area contributed by atoms with Crippen molar-refractivity contribution in [3.63, 3.8) is 0 Å². The van der Waals surface area contributed by atoms with Gasteiger partial charge in [-0.05, 0) is 0 Å². The molecule has 1 aromatic heterocycles. The molecule has 0 aromatic carbocycles. The lowest BCUT2D eigenvalue weighted by Crippen LogP contribution is -2.00. The monoisotopic (exact) mass is 113 g/mol. The Labute approximate surface area is 47.7 Å². The molecule has 1 N–H and O–H groups in total. The van der Waals surface area contributed by atoms with E-state index in [0.717, 1.165) is 5.89 Å². The Balaban J connectivity index is 2.77. The van der Waals surface area contributed by atoms with Gasteiger partial charge in [-0.3, -0.25) is 0 Å². The molecule has 0 radical (unpaired) electrons. The lowest BCUT2D eigenvalue weighted by Gasteiger charge is -1.88. The molecular formula is C5H9N2O+. The fourth-order valence-electron chi connectivity index (χ4n) is 0.468. The number of nitrogens with one attached hydrogen (secondary N) is 1. The molecular weight excluding hydrogens is 104 g/mol. The highest BCUT2D eigenvalue weighted by Gasteiger charge is 2.05. The summed E-state index contributed by atoms with van der Waals surface area (Å²) in [4.78, 5) is 0. The normalized spacial score (nSPS) is 10.4. The molecule has 3 heteroatoms. The predicted molar refractivity (Wildman–Crippen MR) is 27.1 cm³/mol. The first-order chi connectivity index (χ1) is 3.80. The highest BCUT2D eigenvalue weighted by molar-refractivity contribution is 4.78. The van der Waals surface area contributed by atoms with Crippen molar-refractivity contribution in [2.24, 2.45) is 0 Å². The van der Waals surface area contributed by atoms with E-state index in [9.17, 15) is 0 Å². The number of hydrogen-bond donors (Lipinski definition) is 0. The van der Waals surface area contributed by atoms with E-state index < -0.39 is 0 Å². The smallest absolute Gasteiger partial charge is 0.359 e. The predicted octanol–water partition coefficient (Wildman–Crippen LogP) is 0.612. The van der Waals surface area contributed by atoms with E-state index in [4.69, 9.17) is 4.42 Å². The molecule has 0 atom stereocenters. The first-order valence-electron chi connectivity index (χ1n) is 2.62. The Hall–Kier alpha value is -0.860. The van der Waals surface area contributed by atoms with Crippen LogP contribution in [0.4, 0.5) is 0 Å². The quantitative estimate of drug-likeness (QED) is 0.535. The van der Waals surface area contributed by atoms with E-state index >= 15 is 0 Å². The number of aromatic nitrogens is 2. The van der Waals surface area contributed by atoms with Crippen LogP contribution in [0.5, 0.6) is 0 Å². The van der Waals surface area contributed by atoms with Crippen LogP contribution in [-0.4, -0.2) is 5.10 Å². The van der Waals surface area contributed by atoms with Crippen molar-refractivity contribution < 1.29 is 9.52 Å². The molecule has 1 aromatic rings. The zero-order valence-electron chi connectivity index (χ0n) is 5.01. The Bertz CT molecular complexity index is 145. The molecule has 0 saturated carbocycles. The van der Waals surface area contributed by atoms with Gasteiger partial charge in [0.05, 0.1) is 0 Å². The van der Waals surface area contributed by atoms with Gasteiger partial charge in [-0.1, -0.05) is 18.9 Å². The third kappa shape index (κ3) is 0.857. The second-order valence-electron chi connectivity index (χ2n) is 1.97.